The predicted molar refractivity (Wildman–Crippen MR) is 123 cm³/mol. The Bertz CT molecular complexity index is 901. The second-order valence-electron chi connectivity index (χ2n) is 8.45. The summed E-state index contributed by atoms with van der Waals surface area (Å²) in [6.07, 6.45) is 2.65. The summed E-state index contributed by atoms with van der Waals surface area (Å²) in [6.45, 7) is 6.42. The lowest BCUT2D eigenvalue weighted by Crippen LogP contribution is -2.50. The van der Waals surface area contributed by atoms with Crippen LogP contribution in [0.2, 0.25) is 0 Å². The molecular weight excluding hydrogens is 406 g/mol. The summed E-state index contributed by atoms with van der Waals surface area (Å²) in [6, 6.07) is 14.8. The standard InChI is InChI=1S/C25H33N3O4/c1-18(2)13-15-32-22-12-11-20(16-23(22)31-3)24(29)26-27-25(30)21-10-7-14-28(21)17-19-8-5-4-6-9-19/h4-6,8-9,11-12,16,18,21H,7,10,13-15,17H2,1-3H3,(H,26,29)(H,27,30). The monoisotopic (exact) mass is 439 g/mol. The fourth-order valence-electron chi connectivity index (χ4n) is 3.74. The number of rotatable bonds is 9. The quantitative estimate of drug-likeness (QED) is 0.584. The van der Waals surface area contributed by atoms with Gasteiger partial charge in [0.05, 0.1) is 19.8 Å². The van der Waals surface area contributed by atoms with E-state index in [1.54, 1.807) is 18.2 Å². The number of amides is 2. The van der Waals surface area contributed by atoms with Crippen LogP contribution in [-0.2, 0) is 11.3 Å². The third kappa shape index (κ3) is 6.47. The third-order valence-electron chi connectivity index (χ3n) is 5.57. The maximum absolute atomic E-state index is 12.7. The molecule has 172 valence electrons. The Morgan fingerprint density at radius 3 is 2.59 bits per heavy atom. The molecule has 1 heterocycles. The highest BCUT2D eigenvalue weighted by Crippen LogP contribution is 2.28. The zero-order valence-electron chi connectivity index (χ0n) is 19.1. The van der Waals surface area contributed by atoms with Crippen molar-refractivity contribution in [3.63, 3.8) is 0 Å². The molecule has 1 fully saturated rings. The largest absolute Gasteiger partial charge is 0.493 e. The van der Waals surface area contributed by atoms with Crippen LogP contribution in [0.15, 0.2) is 48.5 Å². The van der Waals surface area contributed by atoms with Gasteiger partial charge in [-0.3, -0.25) is 25.3 Å². The number of hydrogen-bond donors (Lipinski definition) is 2. The highest BCUT2D eigenvalue weighted by atomic mass is 16.5. The van der Waals surface area contributed by atoms with Crippen LogP contribution in [0.5, 0.6) is 11.5 Å². The molecule has 1 atom stereocenters. The van der Waals surface area contributed by atoms with E-state index in [2.05, 4.69) is 41.7 Å². The van der Waals surface area contributed by atoms with E-state index in [4.69, 9.17) is 9.47 Å². The van der Waals surface area contributed by atoms with Crippen molar-refractivity contribution in [2.75, 3.05) is 20.3 Å². The number of hydrogen-bond acceptors (Lipinski definition) is 5. The number of ether oxygens (including phenoxy) is 2. The number of methoxy groups -OCH3 is 1. The number of carbonyl (C=O) groups excluding carboxylic acids is 2. The molecule has 7 heteroatoms. The molecule has 2 aromatic carbocycles. The minimum absolute atomic E-state index is 0.201. The lowest BCUT2D eigenvalue weighted by atomic mass is 10.1. The molecule has 3 rings (SSSR count). The van der Waals surface area contributed by atoms with Crippen LogP contribution in [0.25, 0.3) is 0 Å². The lowest BCUT2D eigenvalue weighted by molar-refractivity contribution is -0.126. The van der Waals surface area contributed by atoms with E-state index in [1.807, 2.05) is 18.2 Å². The third-order valence-corrected chi connectivity index (χ3v) is 5.57. The van der Waals surface area contributed by atoms with Crippen molar-refractivity contribution in [1.29, 1.82) is 0 Å². The maximum atomic E-state index is 12.7. The van der Waals surface area contributed by atoms with Gasteiger partial charge in [0.2, 0.25) is 0 Å². The summed E-state index contributed by atoms with van der Waals surface area (Å²) in [5.41, 5.74) is 6.66. The second kappa shape index (κ2) is 11.5. The Morgan fingerprint density at radius 2 is 1.88 bits per heavy atom. The van der Waals surface area contributed by atoms with Crippen LogP contribution in [0, 0.1) is 5.92 Å². The van der Waals surface area contributed by atoms with E-state index >= 15 is 0 Å². The summed E-state index contributed by atoms with van der Waals surface area (Å²) < 4.78 is 11.1. The van der Waals surface area contributed by atoms with Crippen molar-refractivity contribution in [2.45, 2.75) is 45.7 Å². The van der Waals surface area contributed by atoms with Gasteiger partial charge in [-0.25, -0.2) is 0 Å². The molecule has 0 aromatic heterocycles. The van der Waals surface area contributed by atoms with Crippen LogP contribution in [0.4, 0.5) is 0 Å². The molecule has 1 aliphatic heterocycles. The Balaban J connectivity index is 1.54. The molecule has 32 heavy (non-hydrogen) atoms. The van der Waals surface area contributed by atoms with Crippen LogP contribution >= 0.6 is 0 Å². The van der Waals surface area contributed by atoms with Gasteiger partial charge >= 0.3 is 0 Å². The maximum Gasteiger partial charge on any atom is 0.269 e. The summed E-state index contributed by atoms with van der Waals surface area (Å²) in [4.78, 5) is 27.4. The fraction of sp³-hybridized carbons (Fsp3) is 0.440. The van der Waals surface area contributed by atoms with Crippen LogP contribution < -0.4 is 20.3 Å². The van der Waals surface area contributed by atoms with E-state index < -0.39 is 5.91 Å². The first-order valence-corrected chi connectivity index (χ1v) is 11.2. The van der Waals surface area contributed by atoms with Gasteiger partial charge < -0.3 is 9.47 Å². The van der Waals surface area contributed by atoms with E-state index in [0.29, 0.717) is 36.1 Å². The first-order valence-electron chi connectivity index (χ1n) is 11.2. The molecule has 7 nitrogen and oxygen atoms in total. The van der Waals surface area contributed by atoms with Gasteiger partial charge in [0.15, 0.2) is 11.5 Å². The normalized spacial score (nSPS) is 16.1. The number of carbonyl (C=O) groups is 2. The van der Waals surface area contributed by atoms with Crippen molar-refractivity contribution >= 4 is 11.8 Å². The Labute approximate surface area is 190 Å². The van der Waals surface area contributed by atoms with Gasteiger partial charge in [-0.2, -0.15) is 0 Å². The number of likely N-dealkylation sites (tertiary alicyclic amines) is 1. The van der Waals surface area contributed by atoms with Gasteiger partial charge in [-0.05, 0) is 55.5 Å². The first kappa shape index (κ1) is 23.6. The van der Waals surface area contributed by atoms with Crippen molar-refractivity contribution in [2.24, 2.45) is 5.92 Å². The molecule has 0 spiro atoms. The first-order chi connectivity index (χ1) is 15.5. The van der Waals surface area contributed by atoms with E-state index in [0.717, 1.165) is 25.8 Å². The van der Waals surface area contributed by atoms with E-state index in [1.165, 1.54) is 12.7 Å². The molecule has 0 aliphatic carbocycles. The Morgan fingerprint density at radius 1 is 1.09 bits per heavy atom. The molecule has 0 radical (unpaired) electrons. The summed E-state index contributed by atoms with van der Waals surface area (Å²) in [7, 11) is 1.54. The average Bonchev–Trinajstić information content (AvgIpc) is 3.26. The molecule has 1 saturated heterocycles. The molecule has 1 unspecified atom stereocenters. The molecule has 0 bridgehead atoms. The summed E-state index contributed by atoms with van der Waals surface area (Å²) >= 11 is 0. The number of nitrogens with one attached hydrogen (secondary N) is 2. The Hall–Kier alpha value is -3.06. The van der Waals surface area contributed by atoms with Crippen molar-refractivity contribution in [3.8, 4) is 11.5 Å². The average molecular weight is 440 g/mol. The van der Waals surface area contributed by atoms with Gasteiger partial charge in [-0.1, -0.05) is 44.2 Å². The molecule has 1 aliphatic rings. The zero-order valence-corrected chi connectivity index (χ0v) is 19.1. The smallest absolute Gasteiger partial charge is 0.269 e. The highest BCUT2D eigenvalue weighted by Gasteiger charge is 2.30. The number of hydrazine groups is 1. The lowest BCUT2D eigenvalue weighted by Gasteiger charge is -2.23. The molecule has 2 N–H and O–H groups in total. The minimum atomic E-state index is -0.405. The van der Waals surface area contributed by atoms with E-state index in [-0.39, 0.29) is 11.9 Å². The molecule has 0 saturated carbocycles. The highest BCUT2D eigenvalue weighted by molar-refractivity contribution is 5.96. The van der Waals surface area contributed by atoms with E-state index in [9.17, 15) is 9.59 Å². The topological polar surface area (TPSA) is 79.9 Å². The van der Waals surface area contributed by atoms with Crippen LogP contribution in [0.1, 0.15) is 49.0 Å². The second-order valence-corrected chi connectivity index (χ2v) is 8.45. The number of nitrogens with zero attached hydrogens (tertiary/aromatic N) is 1. The molecule has 2 amide bonds. The zero-order chi connectivity index (χ0) is 22.9. The van der Waals surface area contributed by atoms with Gasteiger partial charge in [-0.15, -0.1) is 0 Å². The van der Waals surface area contributed by atoms with Gasteiger partial charge in [0.25, 0.3) is 11.8 Å². The van der Waals surface area contributed by atoms with Crippen LogP contribution in [-0.4, -0.2) is 43.0 Å². The van der Waals surface area contributed by atoms with Crippen molar-refractivity contribution in [1.82, 2.24) is 15.8 Å². The summed E-state index contributed by atoms with van der Waals surface area (Å²) in [5.74, 6) is 1.01. The van der Waals surface area contributed by atoms with Crippen molar-refractivity contribution in [3.05, 3.63) is 59.7 Å². The minimum Gasteiger partial charge on any atom is -0.493 e. The SMILES string of the molecule is COc1cc(C(=O)NNC(=O)C2CCCN2Cc2ccccc2)ccc1OCCC(C)C. The summed E-state index contributed by atoms with van der Waals surface area (Å²) in [5, 5.41) is 0. The van der Waals surface area contributed by atoms with Crippen LogP contribution in [0.3, 0.4) is 0 Å². The molecule has 2 aromatic rings. The van der Waals surface area contributed by atoms with Crippen molar-refractivity contribution < 1.29 is 19.1 Å². The molecular formula is C25H33N3O4. The number of benzene rings is 2. The predicted octanol–water partition coefficient (Wildman–Crippen LogP) is 3.55. The van der Waals surface area contributed by atoms with Gasteiger partial charge in [0, 0.05) is 12.1 Å². The Kier molecular flexibility index (Phi) is 8.50. The fourth-order valence-corrected chi connectivity index (χ4v) is 3.74. The van der Waals surface area contributed by atoms with Gasteiger partial charge in [0.1, 0.15) is 0 Å².